The average Bonchev–Trinajstić information content (AvgIpc) is 2.98. The molecule has 6 nitrogen and oxygen atoms in total. The van der Waals surface area contributed by atoms with Gasteiger partial charge < -0.3 is 15.6 Å². The zero-order valence-corrected chi connectivity index (χ0v) is 24.3. The second-order valence-electron chi connectivity index (χ2n) is 10.9. The highest BCUT2D eigenvalue weighted by Gasteiger charge is 2.60. The largest absolute Gasteiger partial charge is 0.496 e. The van der Waals surface area contributed by atoms with Crippen LogP contribution in [0.4, 0.5) is 26.3 Å². The maximum atomic E-state index is 12.8. The number of halogens is 6. The van der Waals surface area contributed by atoms with E-state index in [0.717, 1.165) is 48.9 Å². The van der Waals surface area contributed by atoms with E-state index in [2.05, 4.69) is 36.4 Å². The number of carboxylic acid groups (broad SMARTS) is 1. The molecule has 1 saturated heterocycles. The van der Waals surface area contributed by atoms with Crippen molar-refractivity contribution in [3.63, 3.8) is 0 Å². The van der Waals surface area contributed by atoms with Gasteiger partial charge in [-0.25, -0.2) is 0 Å². The van der Waals surface area contributed by atoms with Crippen molar-refractivity contribution in [1.82, 2.24) is 4.90 Å². The van der Waals surface area contributed by atoms with Crippen LogP contribution in [-0.4, -0.2) is 61.0 Å². The van der Waals surface area contributed by atoms with Crippen LogP contribution in [0, 0.1) is 5.41 Å². The van der Waals surface area contributed by atoms with Crippen LogP contribution in [0.1, 0.15) is 24.8 Å². The molecule has 0 aromatic heterocycles. The number of carbonyl (C=O) groups excluding carboxylic acids is 1. The van der Waals surface area contributed by atoms with Crippen LogP contribution in [-0.2, 0) is 16.0 Å². The monoisotopic (exact) mass is 634 g/mol. The summed E-state index contributed by atoms with van der Waals surface area (Å²) in [6.45, 7) is -2.19. The number of hydrogen-bond acceptors (Lipinski definition) is 4. The van der Waals surface area contributed by atoms with Gasteiger partial charge >= 0.3 is 18.3 Å². The maximum absolute atomic E-state index is 12.8. The van der Waals surface area contributed by atoms with Gasteiger partial charge in [-0.3, -0.25) is 14.5 Å². The number of amides is 1. The third-order valence-electron chi connectivity index (χ3n) is 8.13. The van der Waals surface area contributed by atoms with E-state index in [4.69, 9.17) is 15.6 Å². The lowest BCUT2D eigenvalue weighted by molar-refractivity contribution is -0.234. The van der Waals surface area contributed by atoms with Gasteiger partial charge in [0.2, 0.25) is 5.91 Å². The first-order valence-corrected chi connectivity index (χ1v) is 14.1. The summed E-state index contributed by atoms with van der Waals surface area (Å²) < 4.78 is 80.2. The third-order valence-corrected chi connectivity index (χ3v) is 8.13. The van der Waals surface area contributed by atoms with Crippen LogP contribution in [0.2, 0.25) is 0 Å². The number of aryl methyl sites for hydroxylation is 1. The molecule has 4 aromatic rings. The van der Waals surface area contributed by atoms with Gasteiger partial charge in [-0.05, 0) is 71.1 Å². The van der Waals surface area contributed by atoms with Gasteiger partial charge in [-0.15, -0.1) is 0 Å². The summed E-state index contributed by atoms with van der Waals surface area (Å²) in [6, 6.07) is 24.7. The predicted molar refractivity (Wildman–Crippen MR) is 159 cm³/mol. The number of nitrogens with zero attached hydrogens (tertiary/aromatic N) is 1. The molecule has 4 aromatic carbocycles. The number of fused-ring (bicyclic) bond motifs is 2. The molecule has 12 heteroatoms. The molecule has 0 unspecified atom stereocenters. The highest BCUT2D eigenvalue weighted by molar-refractivity contribution is 6.08. The number of nitrogens with two attached hydrogens (primary N) is 1. The Morgan fingerprint density at radius 2 is 1.49 bits per heavy atom. The molecule has 0 saturated carbocycles. The predicted octanol–water partition coefficient (Wildman–Crippen LogP) is 7.36. The number of ether oxygens (including phenoxy) is 1. The van der Waals surface area contributed by atoms with Crippen molar-refractivity contribution in [1.29, 1.82) is 0 Å². The van der Waals surface area contributed by atoms with E-state index >= 15 is 0 Å². The number of likely N-dealkylation sites (tertiary alicyclic amines) is 1. The molecule has 5 rings (SSSR count). The molecule has 0 aliphatic carbocycles. The van der Waals surface area contributed by atoms with Crippen LogP contribution >= 0.6 is 0 Å². The summed E-state index contributed by atoms with van der Waals surface area (Å²) in [5, 5.41) is 13.5. The Labute approximate surface area is 255 Å². The molecule has 0 spiro atoms. The quantitative estimate of drug-likeness (QED) is 0.207. The normalized spacial score (nSPS) is 15.4. The molecule has 1 heterocycles. The zero-order chi connectivity index (χ0) is 33.0. The van der Waals surface area contributed by atoms with Crippen molar-refractivity contribution in [3.8, 4) is 16.9 Å². The Kier molecular flexibility index (Phi) is 9.96. The number of carbonyl (C=O) groups is 2. The molecular formula is C33H32F6N2O4. The lowest BCUT2D eigenvalue weighted by Crippen LogP contribution is -2.56. The van der Waals surface area contributed by atoms with Crippen LogP contribution < -0.4 is 10.5 Å². The van der Waals surface area contributed by atoms with E-state index in [1.807, 2.05) is 36.4 Å². The molecule has 3 N–H and O–H groups in total. The zero-order valence-electron chi connectivity index (χ0n) is 24.3. The maximum Gasteiger partial charge on any atom is 0.403 e. The third kappa shape index (κ3) is 7.50. The fraction of sp³-hybridized carbons (Fsp3) is 0.333. The van der Waals surface area contributed by atoms with Crippen molar-refractivity contribution in [2.24, 2.45) is 11.1 Å². The van der Waals surface area contributed by atoms with Gasteiger partial charge in [0, 0.05) is 12.0 Å². The Hall–Kier alpha value is -4.32. The van der Waals surface area contributed by atoms with E-state index in [9.17, 15) is 35.9 Å². The van der Waals surface area contributed by atoms with Gasteiger partial charge in [-0.2, -0.15) is 26.3 Å². The molecule has 45 heavy (non-hydrogen) atoms. The molecule has 1 aliphatic heterocycles. The van der Waals surface area contributed by atoms with Crippen LogP contribution in [0.25, 0.3) is 32.7 Å². The van der Waals surface area contributed by atoms with Crippen molar-refractivity contribution in [3.05, 3.63) is 78.4 Å². The van der Waals surface area contributed by atoms with Crippen molar-refractivity contribution >= 4 is 33.4 Å². The van der Waals surface area contributed by atoms with Crippen LogP contribution in [0.3, 0.4) is 0 Å². The number of primary amides is 1. The first-order chi connectivity index (χ1) is 21.2. The summed E-state index contributed by atoms with van der Waals surface area (Å²) >= 11 is 0. The Morgan fingerprint density at radius 3 is 2.09 bits per heavy atom. The lowest BCUT2D eigenvalue weighted by atomic mass is 9.77. The molecule has 0 atom stereocenters. The molecule has 240 valence electrons. The Morgan fingerprint density at radius 1 is 0.867 bits per heavy atom. The minimum absolute atomic E-state index is 0.126. The standard InChI is InChI=1S/C24H20O3.C9H12F6N2O/c1-27-22-14-12-17-6-2-3-8-19(17)24(22)21-11-5-9-18-16(13-15-23(25)26)7-4-10-20(18)21;10-8(11,12)5-17-3-1-7(2-4-17,6(16)18)9(13,14)15/h2-12,14H,13,15H2,1H3,(H,25,26);1-5H2,(H2,16,18). The minimum Gasteiger partial charge on any atom is -0.496 e. The first-order valence-electron chi connectivity index (χ1n) is 14.1. The average molecular weight is 635 g/mol. The molecule has 0 bridgehead atoms. The van der Waals surface area contributed by atoms with Gasteiger partial charge in [0.1, 0.15) is 11.2 Å². The molecule has 1 amide bonds. The van der Waals surface area contributed by atoms with E-state index < -0.39 is 62.1 Å². The second kappa shape index (κ2) is 13.4. The van der Waals surface area contributed by atoms with E-state index in [0.29, 0.717) is 6.42 Å². The van der Waals surface area contributed by atoms with Gasteiger partial charge in [0.05, 0.1) is 13.7 Å². The van der Waals surface area contributed by atoms with Crippen molar-refractivity contribution in [2.45, 2.75) is 38.0 Å². The number of aliphatic carboxylic acids is 1. The van der Waals surface area contributed by atoms with E-state index in [1.165, 1.54) is 0 Å². The molecule has 0 radical (unpaired) electrons. The smallest absolute Gasteiger partial charge is 0.403 e. The molecular weight excluding hydrogens is 602 g/mol. The summed E-state index contributed by atoms with van der Waals surface area (Å²) in [5.41, 5.74) is 5.28. The fourth-order valence-electron chi connectivity index (χ4n) is 5.77. The summed E-state index contributed by atoms with van der Waals surface area (Å²) in [6.07, 6.45) is -10.1. The number of rotatable bonds is 7. The fourth-order valence-corrected chi connectivity index (χ4v) is 5.77. The number of piperidine rings is 1. The Bertz CT molecular complexity index is 1680. The SMILES string of the molecule is COc1ccc2ccccc2c1-c1cccc2c(CCC(=O)O)cccc12.NC(=O)C1(C(F)(F)F)CCN(CC(F)(F)F)CC1. The summed E-state index contributed by atoms with van der Waals surface area (Å²) in [5.74, 6) is -1.47. The summed E-state index contributed by atoms with van der Waals surface area (Å²) in [4.78, 5) is 22.8. The second-order valence-corrected chi connectivity index (χ2v) is 10.9. The van der Waals surface area contributed by atoms with Gasteiger partial charge in [-0.1, -0.05) is 66.7 Å². The van der Waals surface area contributed by atoms with Crippen molar-refractivity contribution in [2.75, 3.05) is 26.7 Å². The van der Waals surface area contributed by atoms with E-state index in [1.54, 1.807) is 7.11 Å². The van der Waals surface area contributed by atoms with Gasteiger partial charge in [0.25, 0.3) is 0 Å². The number of methoxy groups -OCH3 is 1. The van der Waals surface area contributed by atoms with E-state index in [-0.39, 0.29) is 6.42 Å². The summed E-state index contributed by atoms with van der Waals surface area (Å²) in [7, 11) is 1.69. The number of benzene rings is 4. The number of alkyl halides is 6. The number of carboxylic acids is 1. The highest BCUT2D eigenvalue weighted by Crippen LogP contribution is 2.46. The first kappa shape index (κ1) is 33.6. The Balaban J connectivity index is 0.000000224. The highest BCUT2D eigenvalue weighted by atomic mass is 19.4. The molecule has 1 aliphatic rings. The topological polar surface area (TPSA) is 92.9 Å². The van der Waals surface area contributed by atoms with Crippen LogP contribution in [0.15, 0.2) is 72.8 Å². The van der Waals surface area contributed by atoms with Crippen molar-refractivity contribution < 1.29 is 45.8 Å². The van der Waals surface area contributed by atoms with Crippen LogP contribution in [0.5, 0.6) is 5.75 Å². The van der Waals surface area contributed by atoms with Gasteiger partial charge in [0.15, 0.2) is 0 Å². The number of hydrogen-bond donors (Lipinski definition) is 2. The minimum atomic E-state index is -4.83. The molecule has 1 fully saturated rings. The lowest BCUT2D eigenvalue weighted by Gasteiger charge is -2.40.